The third-order valence-corrected chi connectivity index (χ3v) is 6.02. The fourth-order valence-electron chi connectivity index (χ4n) is 4.31. The lowest BCUT2D eigenvalue weighted by Gasteiger charge is -2.33. The van der Waals surface area contributed by atoms with Gasteiger partial charge in [0.05, 0.1) is 0 Å². The number of aryl methyl sites for hydroxylation is 1. The van der Waals surface area contributed by atoms with Crippen molar-refractivity contribution in [1.29, 1.82) is 0 Å². The lowest BCUT2D eigenvalue weighted by molar-refractivity contribution is -0.138. The molecule has 1 aliphatic rings. The summed E-state index contributed by atoms with van der Waals surface area (Å²) in [4.78, 5) is 38.0. The normalized spacial score (nSPS) is 12.6. The lowest BCUT2D eigenvalue weighted by atomic mass is 9.98. The molecule has 2 aromatic carbocycles. The molecule has 0 spiro atoms. The Kier molecular flexibility index (Phi) is 6.34. The van der Waals surface area contributed by atoms with Crippen molar-refractivity contribution in [1.82, 2.24) is 14.7 Å². The number of hydrogen-bond donors (Lipinski definition) is 2. The average molecular weight is 477 g/mol. The van der Waals surface area contributed by atoms with Gasteiger partial charge in [0.2, 0.25) is 0 Å². The van der Waals surface area contributed by atoms with Gasteiger partial charge in [-0.05, 0) is 43.0 Å². The maximum Gasteiger partial charge on any atom is 0.412 e. The number of nitrogens with one attached hydrogen (secondary N) is 1. The predicted molar refractivity (Wildman–Crippen MR) is 130 cm³/mol. The zero-order chi connectivity index (χ0) is 25.3. The van der Waals surface area contributed by atoms with Crippen LogP contribution in [0.2, 0.25) is 0 Å². The maximum absolute atomic E-state index is 13.0. The highest BCUT2D eigenvalue weighted by molar-refractivity contribution is 5.96. The van der Waals surface area contributed by atoms with Gasteiger partial charge in [0, 0.05) is 24.6 Å². The second-order valence-electron chi connectivity index (χ2n) is 9.44. The first kappa shape index (κ1) is 24.0. The Morgan fingerprint density at radius 2 is 1.63 bits per heavy atom. The molecule has 1 aliphatic carbocycles. The first-order valence-corrected chi connectivity index (χ1v) is 11.3. The minimum absolute atomic E-state index is 0.0256. The molecule has 35 heavy (non-hydrogen) atoms. The summed E-state index contributed by atoms with van der Waals surface area (Å²) >= 11 is 0. The molecule has 0 saturated carbocycles. The number of carbonyl (C=O) groups excluding carboxylic acids is 2. The Morgan fingerprint density at radius 1 is 1.06 bits per heavy atom. The number of hydrogen-bond acceptors (Lipinski definition) is 5. The van der Waals surface area contributed by atoms with E-state index in [0.29, 0.717) is 0 Å². The largest absolute Gasteiger partial charge is 0.480 e. The van der Waals surface area contributed by atoms with Crippen LogP contribution in [0.4, 0.5) is 10.6 Å². The number of fused-ring (bicyclic) bond motifs is 3. The number of anilines is 1. The first-order chi connectivity index (χ1) is 16.6. The molecule has 1 aromatic heterocycles. The van der Waals surface area contributed by atoms with E-state index in [-0.39, 0.29) is 24.0 Å². The fraction of sp³-hybridized carbons (Fsp3) is 0.308. The second-order valence-corrected chi connectivity index (χ2v) is 9.44. The van der Waals surface area contributed by atoms with E-state index >= 15 is 0 Å². The van der Waals surface area contributed by atoms with Crippen molar-refractivity contribution < 1.29 is 24.2 Å². The summed E-state index contributed by atoms with van der Waals surface area (Å²) in [5.74, 6) is -1.49. The third kappa shape index (κ3) is 4.89. The van der Waals surface area contributed by atoms with Crippen molar-refractivity contribution >= 4 is 23.8 Å². The molecule has 9 nitrogen and oxygen atoms in total. The molecule has 4 rings (SSSR count). The van der Waals surface area contributed by atoms with Crippen LogP contribution in [-0.2, 0) is 16.6 Å². The van der Waals surface area contributed by atoms with E-state index in [9.17, 15) is 19.5 Å². The summed E-state index contributed by atoms with van der Waals surface area (Å²) in [5.41, 5.74) is 3.78. The zero-order valence-corrected chi connectivity index (χ0v) is 20.1. The van der Waals surface area contributed by atoms with Gasteiger partial charge in [-0.2, -0.15) is 5.10 Å². The van der Waals surface area contributed by atoms with Crippen LogP contribution in [0.25, 0.3) is 11.1 Å². The Hall–Kier alpha value is -4.14. The first-order valence-electron chi connectivity index (χ1n) is 11.3. The van der Waals surface area contributed by atoms with Crippen molar-refractivity contribution in [3.05, 3.63) is 71.4 Å². The van der Waals surface area contributed by atoms with Gasteiger partial charge < -0.3 is 14.7 Å². The Balaban J connectivity index is 1.45. The third-order valence-electron chi connectivity index (χ3n) is 6.02. The van der Waals surface area contributed by atoms with Gasteiger partial charge in [-0.3, -0.25) is 19.6 Å². The van der Waals surface area contributed by atoms with Crippen LogP contribution in [0.3, 0.4) is 0 Å². The minimum Gasteiger partial charge on any atom is -0.480 e. The highest BCUT2D eigenvalue weighted by atomic mass is 16.5. The predicted octanol–water partition coefficient (Wildman–Crippen LogP) is 4.11. The number of carboxylic acid groups (broad SMARTS) is 1. The molecule has 0 unspecified atom stereocenters. The fourth-order valence-corrected chi connectivity index (χ4v) is 4.31. The Labute approximate surface area is 203 Å². The van der Waals surface area contributed by atoms with Crippen molar-refractivity contribution in [2.24, 2.45) is 7.05 Å². The van der Waals surface area contributed by atoms with Gasteiger partial charge >= 0.3 is 12.1 Å². The zero-order valence-electron chi connectivity index (χ0n) is 20.1. The van der Waals surface area contributed by atoms with Crippen LogP contribution in [0.5, 0.6) is 0 Å². The smallest absolute Gasteiger partial charge is 0.412 e. The van der Waals surface area contributed by atoms with E-state index in [1.54, 1.807) is 27.8 Å². The van der Waals surface area contributed by atoms with Gasteiger partial charge in [0.25, 0.3) is 5.91 Å². The molecule has 9 heteroatoms. The quantitative estimate of drug-likeness (QED) is 0.554. The summed E-state index contributed by atoms with van der Waals surface area (Å²) in [6.07, 6.45) is -0.674. The number of aliphatic carboxylic acids is 1. The molecule has 0 radical (unpaired) electrons. The molecule has 182 valence electrons. The van der Waals surface area contributed by atoms with Gasteiger partial charge in [0.15, 0.2) is 5.69 Å². The van der Waals surface area contributed by atoms with E-state index in [1.807, 2.05) is 36.4 Å². The number of benzene rings is 2. The number of carbonyl (C=O) groups is 3. The molecular weight excluding hydrogens is 448 g/mol. The number of nitrogens with zero attached hydrogens (tertiary/aromatic N) is 3. The van der Waals surface area contributed by atoms with Crippen LogP contribution in [-0.4, -0.2) is 56.4 Å². The second kappa shape index (κ2) is 9.25. The summed E-state index contributed by atoms with van der Waals surface area (Å²) in [7, 11) is 1.58. The summed E-state index contributed by atoms with van der Waals surface area (Å²) in [5, 5.41) is 16.0. The molecule has 2 amide bonds. The monoisotopic (exact) mass is 476 g/mol. The van der Waals surface area contributed by atoms with Crippen molar-refractivity contribution in [3.63, 3.8) is 0 Å². The molecule has 0 aliphatic heterocycles. The standard InChI is InChI=1S/C26H28N4O5/c1-26(2,3)30(14-23(31)32)24(33)21-13-22(29(4)28-21)27-25(34)35-15-20-18-11-7-5-9-16(18)17-10-6-8-12-19(17)20/h5-13,20H,14-15H2,1-4H3,(H,27,34)(H,31,32). The van der Waals surface area contributed by atoms with Gasteiger partial charge in [-0.25, -0.2) is 4.79 Å². The van der Waals surface area contributed by atoms with Crippen molar-refractivity contribution in [3.8, 4) is 11.1 Å². The summed E-state index contributed by atoms with van der Waals surface area (Å²) in [6, 6.07) is 17.5. The molecular formula is C26H28N4O5. The number of ether oxygens (including phenoxy) is 1. The molecule has 3 aromatic rings. The average Bonchev–Trinajstić information content (AvgIpc) is 3.32. The summed E-state index contributed by atoms with van der Waals surface area (Å²) < 4.78 is 6.90. The molecule has 0 saturated heterocycles. The van der Waals surface area contributed by atoms with Crippen LogP contribution < -0.4 is 5.32 Å². The number of carboxylic acids is 1. The van der Waals surface area contributed by atoms with E-state index in [0.717, 1.165) is 22.3 Å². The van der Waals surface area contributed by atoms with Crippen molar-refractivity contribution in [2.75, 3.05) is 18.5 Å². The Morgan fingerprint density at radius 3 is 2.17 bits per heavy atom. The molecule has 1 heterocycles. The maximum atomic E-state index is 13.0. The highest BCUT2D eigenvalue weighted by Gasteiger charge is 2.32. The molecule has 2 N–H and O–H groups in total. The Bertz CT molecular complexity index is 1250. The summed E-state index contributed by atoms with van der Waals surface area (Å²) in [6.45, 7) is 4.92. The van der Waals surface area contributed by atoms with Crippen LogP contribution in [0, 0.1) is 0 Å². The number of aromatic nitrogens is 2. The SMILES string of the molecule is Cn1nc(C(=O)N(CC(=O)O)C(C)(C)C)cc1NC(=O)OCC1c2ccccc2-c2ccccc21. The van der Waals surface area contributed by atoms with Crippen molar-refractivity contribution in [2.45, 2.75) is 32.2 Å². The molecule has 0 bridgehead atoms. The molecule has 0 atom stereocenters. The number of amides is 2. The van der Waals surface area contributed by atoms with Crippen LogP contribution in [0.1, 0.15) is 48.3 Å². The van der Waals surface area contributed by atoms with Crippen LogP contribution >= 0.6 is 0 Å². The van der Waals surface area contributed by atoms with E-state index in [2.05, 4.69) is 22.5 Å². The van der Waals surface area contributed by atoms with Crippen LogP contribution in [0.15, 0.2) is 54.6 Å². The van der Waals surface area contributed by atoms with E-state index in [1.165, 1.54) is 15.6 Å². The number of rotatable bonds is 6. The van der Waals surface area contributed by atoms with E-state index < -0.39 is 30.1 Å². The minimum atomic E-state index is -1.12. The van der Waals surface area contributed by atoms with Gasteiger partial charge in [-0.1, -0.05) is 48.5 Å². The molecule has 0 fully saturated rings. The van der Waals surface area contributed by atoms with E-state index in [4.69, 9.17) is 4.74 Å². The van der Waals surface area contributed by atoms with Gasteiger partial charge in [0.1, 0.15) is 19.0 Å². The van der Waals surface area contributed by atoms with Gasteiger partial charge in [-0.15, -0.1) is 0 Å². The highest BCUT2D eigenvalue weighted by Crippen LogP contribution is 2.44. The topological polar surface area (TPSA) is 114 Å². The lowest BCUT2D eigenvalue weighted by Crippen LogP contribution is -2.48.